The van der Waals surface area contributed by atoms with Gasteiger partial charge in [-0.05, 0) is 39.8 Å². The average molecular weight is 351 g/mol. The van der Waals surface area contributed by atoms with Crippen molar-refractivity contribution in [1.82, 2.24) is 19.7 Å². The number of aryl methyl sites for hydroxylation is 4. The molecule has 2 aromatic heterocycles. The fourth-order valence-corrected chi connectivity index (χ4v) is 2.78. The van der Waals surface area contributed by atoms with E-state index < -0.39 is 0 Å². The van der Waals surface area contributed by atoms with E-state index in [4.69, 9.17) is 4.74 Å². The molecule has 7 nitrogen and oxygen atoms in total. The van der Waals surface area contributed by atoms with Gasteiger partial charge in [-0.25, -0.2) is 0 Å². The molecular formula is C19H21N5O2. The van der Waals surface area contributed by atoms with Crippen molar-refractivity contribution >= 4 is 11.6 Å². The Balaban J connectivity index is 1.86. The van der Waals surface area contributed by atoms with Gasteiger partial charge in [-0.2, -0.15) is 15.1 Å². The predicted molar refractivity (Wildman–Crippen MR) is 98.7 cm³/mol. The molecule has 1 aromatic carbocycles. The Morgan fingerprint density at radius 3 is 2.15 bits per heavy atom. The summed E-state index contributed by atoms with van der Waals surface area (Å²) in [5, 5.41) is 7.19. The van der Waals surface area contributed by atoms with Gasteiger partial charge in [0.1, 0.15) is 5.75 Å². The van der Waals surface area contributed by atoms with Gasteiger partial charge < -0.3 is 10.1 Å². The molecule has 0 spiro atoms. The highest BCUT2D eigenvalue weighted by atomic mass is 16.5. The minimum atomic E-state index is -0.223. The van der Waals surface area contributed by atoms with Crippen LogP contribution >= 0.6 is 0 Å². The fraction of sp³-hybridized carbons (Fsp3) is 0.263. The Morgan fingerprint density at radius 2 is 1.62 bits per heavy atom. The zero-order chi connectivity index (χ0) is 18.8. The summed E-state index contributed by atoms with van der Waals surface area (Å²) in [7, 11) is 1.81. The SMILES string of the molecule is Cc1nc(Oc2ccccc2)nc(C)c1NC(=O)c1c(C)nn(C)c1C. The molecule has 0 unspecified atom stereocenters. The van der Waals surface area contributed by atoms with Gasteiger partial charge in [0.2, 0.25) is 0 Å². The average Bonchev–Trinajstić information content (AvgIpc) is 2.84. The number of aromatic nitrogens is 4. The minimum Gasteiger partial charge on any atom is -0.424 e. The van der Waals surface area contributed by atoms with Crippen molar-refractivity contribution in [2.24, 2.45) is 7.05 Å². The van der Waals surface area contributed by atoms with Crippen molar-refractivity contribution in [3.63, 3.8) is 0 Å². The van der Waals surface area contributed by atoms with E-state index >= 15 is 0 Å². The Labute approximate surface area is 152 Å². The lowest BCUT2D eigenvalue weighted by atomic mass is 10.1. The Bertz CT molecular complexity index is 941. The molecule has 3 rings (SSSR count). The van der Waals surface area contributed by atoms with E-state index in [2.05, 4.69) is 20.4 Å². The van der Waals surface area contributed by atoms with Crippen LogP contribution in [0.4, 0.5) is 5.69 Å². The maximum absolute atomic E-state index is 12.7. The van der Waals surface area contributed by atoms with Crippen molar-refractivity contribution < 1.29 is 9.53 Å². The summed E-state index contributed by atoms with van der Waals surface area (Å²) < 4.78 is 7.37. The van der Waals surface area contributed by atoms with Crippen LogP contribution in [-0.2, 0) is 7.05 Å². The third kappa shape index (κ3) is 3.42. The smallest absolute Gasteiger partial charge is 0.322 e. The summed E-state index contributed by atoms with van der Waals surface area (Å²) in [5.41, 5.74) is 3.91. The summed E-state index contributed by atoms with van der Waals surface area (Å²) >= 11 is 0. The lowest BCUT2D eigenvalue weighted by Gasteiger charge is -2.12. The molecule has 0 fully saturated rings. The Kier molecular flexibility index (Phi) is 4.71. The highest BCUT2D eigenvalue weighted by molar-refractivity contribution is 6.06. The molecule has 7 heteroatoms. The Morgan fingerprint density at radius 1 is 1.00 bits per heavy atom. The van der Waals surface area contributed by atoms with E-state index in [9.17, 15) is 4.79 Å². The number of carbonyl (C=O) groups excluding carboxylic acids is 1. The van der Waals surface area contributed by atoms with Gasteiger partial charge in [-0.3, -0.25) is 9.48 Å². The molecule has 0 saturated carbocycles. The van der Waals surface area contributed by atoms with E-state index in [1.54, 1.807) is 4.68 Å². The number of nitrogens with one attached hydrogen (secondary N) is 1. The van der Waals surface area contributed by atoms with Gasteiger partial charge in [0.25, 0.3) is 5.91 Å². The second kappa shape index (κ2) is 6.95. The molecule has 0 saturated heterocycles. The summed E-state index contributed by atoms with van der Waals surface area (Å²) in [6.07, 6.45) is 0. The van der Waals surface area contributed by atoms with Crippen LogP contribution in [0.3, 0.4) is 0 Å². The summed E-state index contributed by atoms with van der Waals surface area (Å²) in [5.74, 6) is 0.435. The predicted octanol–water partition coefficient (Wildman–Crippen LogP) is 3.49. The van der Waals surface area contributed by atoms with Gasteiger partial charge in [0.05, 0.1) is 28.3 Å². The first-order valence-electron chi connectivity index (χ1n) is 8.26. The molecular weight excluding hydrogens is 330 g/mol. The van der Waals surface area contributed by atoms with E-state index in [1.165, 1.54) is 0 Å². The molecule has 0 atom stereocenters. The zero-order valence-corrected chi connectivity index (χ0v) is 15.5. The van der Waals surface area contributed by atoms with Crippen molar-refractivity contribution in [3.8, 4) is 11.8 Å². The summed E-state index contributed by atoms with van der Waals surface area (Å²) in [6, 6.07) is 9.57. The number of amides is 1. The van der Waals surface area contributed by atoms with Crippen LogP contribution in [0, 0.1) is 27.7 Å². The molecule has 0 aliphatic heterocycles. The molecule has 2 heterocycles. The zero-order valence-electron chi connectivity index (χ0n) is 15.5. The van der Waals surface area contributed by atoms with Crippen LogP contribution in [0.1, 0.15) is 33.1 Å². The number of benzene rings is 1. The first-order valence-corrected chi connectivity index (χ1v) is 8.26. The second-order valence-corrected chi connectivity index (χ2v) is 6.09. The summed E-state index contributed by atoms with van der Waals surface area (Å²) in [6.45, 7) is 7.30. The highest BCUT2D eigenvalue weighted by Crippen LogP contribution is 2.24. The van der Waals surface area contributed by atoms with Crippen LogP contribution in [0.5, 0.6) is 11.8 Å². The Hall–Kier alpha value is -3.22. The van der Waals surface area contributed by atoms with Gasteiger partial charge in [-0.15, -0.1) is 0 Å². The summed E-state index contributed by atoms with van der Waals surface area (Å²) in [4.78, 5) is 21.4. The fourth-order valence-electron chi connectivity index (χ4n) is 2.78. The quantitative estimate of drug-likeness (QED) is 0.778. The molecule has 0 radical (unpaired) electrons. The van der Waals surface area contributed by atoms with Gasteiger partial charge in [0.15, 0.2) is 0 Å². The maximum atomic E-state index is 12.7. The number of hydrogen-bond acceptors (Lipinski definition) is 5. The van der Waals surface area contributed by atoms with E-state index in [1.807, 2.05) is 65.1 Å². The first kappa shape index (κ1) is 17.6. The standard InChI is InChI=1S/C19H21N5O2/c1-11-16(14(4)24(5)23-11)18(25)22-17-12(2)20-19(21-13(17)3)26-15-9-7-6-8-10-15/h6-10H,1-5H3,(H,22,25). The number of nitrogens with zero attached hydrogens (tertiary/aromatic N) is 4. The molecule has 3 aromatic rings. The largest absolute Gasteiger partial charge is 0.424 e. The van der Waals surface area contributed by atoms with Crippen LogP contribution < -0.4 is 10.1 Å². The molecule has 134 valence electrons. The highest BCUT2D eigenvalue weighted by Gasteiger charge is 2.20. The number of ether oxygens (including phenoxy) is 1. The molecule has 26 heavy (non-hydrogen) atoms. The van der Waals surface area contributed by atoms with Crippen molar-refractivity contribution in [2.45, 2.75) is 27.7 Å². The molecule has 1 N–H and O–H groups in total. The van der Waals surface area contributed by atoms with Crippen LogP contribution in [0.25, 0.3) is 0 Å². The van der Waals surface area contributed by atoms with Crippen LogP contribution in [-0.4, -0.2) is 25.7 Å². The van der Waals surface area contributed by atoms with Crippen molar-refractivity contribution in [1.29, 1.82) is 0 Å². The second-order valence-electron chi connectivity index (χ2n) is 6.09. The molecule has 1 amide bonds. The van der Waals surface area contributed by atoms with Gasteiger partial charge >= 0.3 is 6.01 Å². The van der Waals surface area contributed by atoms with Crippen molar-refractivity contribution in [3.05, 3.63) is 58.7 Å². The van der Waals surface area contributed by atoms with Crippen LogP contribution in [0.2, 0.25) is 0 Å². The molecule has 0 aliphatic rings. The van der Waals surface area contributed by atoms with Gasteiger partial charge in [0, 0.05) is 12.7 Å². The maximum Gasteiger partial charge on any atom is 0.322 e. The normalized spacial score (nSPS) is 10.7. The number of anilines is 1. The number of rotatable bonds is 4. The number of carbonyl (C=O) groups is 1. The topological polar surface area (TPSA) is 81.9 Å². The van der Waals surface area contributed by atoms with E-state index in [0.717, 1.165) is 5.69 Å². The van der Waals surface area contributed by atoms with Crippen LogP contribution in [0.15, 0.2) is 30.3 Å². The van der Waals surface area contributed by atoms with Gasteiger partial charge in [-0.1, -0.05) is 18.2 Å². The van der Waals surface area contributed by atoms with Crippen molar-refractivity contribution in [2.75, 3.05) is 5.32 Å². The molecule has 0 bridgehead atoms. The molecule has 0 aliphatic carbocycles. The number of para-hydroxylation sites is 1. The lowest BCUT2D eigenvalue weighted by molar-refractivity contribution is 0.102. The van der Waals surface area contributed by atoms with E-state index in [-0.39, 0.29) is 11.9 Å². The third-order valence-corrected chi connectivity index (χ3v) is 4.18. The monoisotopic (exact) mass is 351 g/mol. The van der Waals surface area contributed by atoms with E-state index in [0.29, 0.717) is 34.1 Å². The lowest BCUT2D eigenvalue weighted by Crippen LogP contribution is -2.17. The minimum absolute atomic E-state index is 0.223. The first-order chi connectivity index (χ1) is 12.4. The third-order valence-electron chi connectivity index (χ3n) is 4.18. The number of hydrogen-bond donors (Lipinski definition) is 1.